The van der Waals surface area contributed by atoms with Gasteiger partial charge in [-0.1, -0.05) is 39.8 Å². The summed E-state index contributed by atoms with van der Waals surface area (Å²) in [4.78, 5) is 25.2. The fourth-order valence-electron chi connectivity index (χ4n) is 7.00. The van der Waals surface area contributed by atoms with Gasteiger partial charge < -0.3 is 9.84 Å². The van der Waals surface area contributed by atoms with E-state index < -0.39 is 11.5 Å². The van der Waals surface area contributed by atoms with E-state index in [1.807, 2.05) is 0 Å². The fraction of sp³-hybridized carbons (Fsp3) is 0.810. The van der Waals surface area contributed by atoms with Crippen molar-refractivity contribution in [2.24, 2.45) is 34.0 Å². The summed E-state index contributed by atoms with van der Waals surface area (Å²) in [5.41, 5.74) is -0.00786. The van der Waals surface area contributed by atoms with Crippen LogP contribution in [0.3, 0.4) is 0 Å². The Morgan fingerprint density at radius 3 is 2.44 bits per heavy atom. The van der Waals surface area contributed by atoms with E-state index >= 15 is 0 Å². The summed E-state index contributed by atoms with van der Waals surface area (Å²) in [6, 6.07) is 0. The topological polar surface area (TPSA) is 63.6 Å². The van der Waals surface area contributed by atoms with Crippen LogP contribution < -0.4 is 0 Å². The highest BCUT2D eigenvalue weighted by Crippen LogP contribution is 2.68. The summed E-state index contributed by atoms with van der Waals surface area (Å²) in [6.07, 6.45) is 2.94. The Balaban J connectivity index is 2.11. The smallest absolute Gasteiger partial charge is 0.313 e. The number of aliphatic hydroxyl groups is 1. The molecule has 0 aliphatic heterocycles. The van der Waals surface area contributed by atoms with E-state index in [9.17, 15) is 14.7 Å². The number of ether oxygens (including phenoxy) is 1. The lowest BCUT2D eigenvalue weighted by molar-refractivity contribution is -0.206. The van der Waals surface area contributed by atoms with Gasteiger partial charge in [-0.3, -0.25) is 9.59 Å². The zero-order valence-electron chi connectivity index (χ0n) is 16.2. The van der Waals surface area contributed by atoms with E-state index in [0.29, 0.717) is 6.42 Å². The van der Waals surface area contributed by atoms with Gasteiger partial charge >= 0.3 is 5.97 Å². The van der Waals surface area contributed by atoms with Gasteiger partial charge in [-0.2, -0.15) is 0 Å². The molecule has 0 heterocycles. The molecule has 0 amide bonds. The Bertz CT molecular complexity index is 613. The molecule has 0 aromatic rings. The monoisotopic (exact) mass is 348 g/mol. The van der Waals surface area contributed by atoms with Gasteiger partial charge in [0.25, 0.3) is 0 Å². The van der Waals surface area contributed by atoms with Gasteiger partial charge in [0, 0.05) is 11.8 Å². The molecule has 0 radical (unpaired) electrons. The maximum Gasteiger partial charge on any atom is 0.313 e. The largest absolute Gasteiger partial charge is 0.469 e. The molecule has 3 aliphatic rings. The van der Waals surface area contributed by atoms with Crippen LogP contribution in [0.2, 0.25) is 0 Å². The summed E-state index contributed by atoms with van der Waals surface area (Å²) in [7, 11) is 1.43. The number of Topliss-reactive ketones (excluding diaryl/α,β-unsaturated/α-hetero) is 1. The van der Waals surface area contributed by atoms with Crippen molar-refractivity contribution in [3.05, 3.63) is 12.2 Å². The highest BCUT2D eigenvalue weighted by molar-refractivity contribution is 5.85. The number of methoxy groups -OCH3 is 1. The van der Waals surface area contributed by atoms with Crippen LogP contribution in [0, 0.1) is 34.0 Å². The molecule has 3 saturated carbocycles. The zero-order chi connectivity index (χ0) is 18.8. The molecule has 6 atom stereocenters. The lowest BCUT2D eigenvalue weighted by Gasteiger charge is -2.66. The van der Waals surface area contributed by atoms with Crippen LogP contribution in [0.5, 0.6) is 0 Å². The van der Waals surface area contributed by atoms with Crippen molar-refractivity contribution in [3.8, 4) is 0 Å². The molecule has 4 nitrogen and oxygen atoms in total. The summed E-state index contributed by atoms with van der Waals surface area (Å²) in [5, 5.41) is 11.0. The van der Waals surface area contributed by atoms with Crippen LogP contribution in [0.4, 0.5) is 0 Å². The van der Waals surface area contributed by atoms with E-state index in [0.717, 1.165) is 31.3 Å². The first-order valence-corrected chi connectivity index (χ1v) is 9.46. The number of aliphatic hydroxyl groups excluding tert-OH is 1. The van der Waals surface area contributed by atoms with E-state index in [1.165, 1.54) is 7.11 Å². The van der Waals surface area contributed by atoms with Crippen molar-refractivity contribution in [1.29, 1.82) is 0 Å². The minimum Gasteiger partial charge on any atom is -0.469 e. The lowest BCUT2D eigenvalue weighted by Crippen LogP contribution is -2.65. The number of esters is 1. The third-order valence-electron chi connectivity index (χ3n) is 8.00. The van der Waals surface area contributed by atoms with Gasteiger partial charge in [0.2, 0.25) is 0 Å². The second-order valence-electron chi connectivity index (χ2n) is 9.70. The first-order valence-electron chi connectivity index (χ1n) is 9.46. The molecular weight excluding hydrogens is 316 g/mol. The number of fused-ring (bicyclic) bond motifs is 3. The zero-order valence-corrected chi connectivity index (χ0v) is 16.2. The Kier molecular flexibility index (Phi) is 4.22. The van der Waals surface area contributed by atoms with E-state index in [1.54, 1.807) is 0 Å². The maximum atomic E-state index is 12.6. The first-order chi connectivity index (χ1) is 11.5. The third-order valence-corrected chi connectivity index (χ3v) is 8.00. The minimum absolute atomic E-state index is 0.0491. The van der Waals surface area contributed by atoms with Crippen LogP contribution in [-0.2, 0) is 14.3 Å². The normalized spacial score (nSPS) is 46.2. The molecule has 0 spiro atoms. The van der Waals surface area contributed by atoms with Crippen molar-refractivity contribution in [2.75, 3.05) is 7.11 Å². The number of hydrogen-bond acceptors (Lipinski definition) is 4. The Morgan fingerprint density at radius 1 is 1.20 bits per heavy atom. The van der Waals surface area contributed by atoms with Gasteiger partial charge in [0.1, 0.15) is 6.10 Å². The van der Waals surface area contributed by atoms with Crippen LogP contribution >= 0.6 is 0 Å². The lowest BCUT2D eigenvalue weighted by atomic mass is 9.38. The number of carbonyl (C=O) groups excluding carboxylic acids is 2. The molecule has 6 unspecified atom stereocenters. The molecule has 0 aromatic heterocycles. The predicted octanol–water partition coefficient (Wildman–Crippen LogP) is 3.52. The van der Waals surface area contributed by atoms with Gasteiger partial charge in [0.05, 0.1) is 13.0 Å². The highest BCUT2D eigenvalue weighted by Gasteiger charge is 2.67. The average Bonchev–Trinajstić information content (AvgIpc) is 2.51. The average molecular weight is 348 g/mol. The van der Waals surface area contributed by atoms with Crippen molar-refractivity contribution in [3.63, 3.8) is 0 Å². The van der Waals surface area contributed by atoms with Gasteiger partial charge in [-0.05, 0) is 48.3 Å². The standard InChI is InChI=1S/C21H32O4/c1-12-7-8-15-20(4,16(12)18(24)25-6)10-9-14-19(2,3)11-13(22)17(23)21(14,15)5/h14-17,23H,1,7-11H2,2-6H3. The quantitative estimate of drug-likeness (QED) is 0.582. The molecule has 0 saturated heterocycles. The highest BCUT2D eigenvalue weighted by atomic mass is 16.5. The number of rotatable bonds is 1. The number of hydrogen-bond donors (Lipinski definition) is 1. The fourth-order valence-corrected chi connectivity index (χ4v) is 7.00. The second-order valence-corrected chi connectivity index (χ2v) is 9.70. The van der Waals surface area contributed by atoms with Crippen LogP contribution in [-0.4, -0.2) is 30.1 Å². The second kappa shape index (κ2) is 5.67. The number of ketones is 1. The molecule has 1 N–H and O–H groups in total. The van der Waals surface area contributed by atoms with Crippen molar-refractivity contribution in [1.82, 2.24) is 0 Å². The number of carbonyl (C=O) groups is 2. The summed E-state index contributed by atoms with van der Waals surface area (Å²) < 4.78 is 5.10. The van der Waals surface area contributed by atoms with Crippen LogP contribution in [0.25, 0.3) is 0 Å². The minimum atomic E-state index is -0.945. The Hall–Kier alpha value is -1.16. The van der Waals surface area contributed by atoms with Crippen LogP contribution in [0.1, 0.15) is 59.8 Å². The van der Waals surface area contributed by atoms with E-state index in [4.69, 9.17) is 4.74 Å². The van der Waals surface area contributed by atoms with Crippen molar-refractivity contribution >= 4 is 11.8 Å². The SMILES string of the molecule is C=C1CCC2C(C)(CCC3C(C)(C)CC(=O)C(O)C32C)C1C(=O)OC. The maximum absolute atomic E-state index is 12.6. The molecular formula is C21H32O4. The molecule has 0 bridgehead atoms. The molecule has 3 fully saturated rings. The molecule has 25 heavy (non-hydrogen) atoms. The van der Waals surface area contributed by atoms with Gasteiger partial charge in [0.15, 0.2) is 5.78 Å². The summed E-state index contributed by atoms with van der Waals surface area (Å²) in [5.74, 6) is -0.245. The third kappa shape index (κ3) is 2.36. The van der Waals surface area contributed by atoms with E-state index in [2.05, 4.69) is 34.3 Å². The molecule has 0 aromatic carbocycles. The van der Waals surface area contributed by atoms with Gasteiger partial charge in [-0.15, -0.1) is 0 Å². The first kappa shape index (κ1) is 18.6. The van der Waals surface area contributed by atoms with Gasteiger partial charge in [-0.25, -0.2) is 0 Å². The summed E-state index contributed by atoms with van der Waals surface area (Å²) in [6.45, 7) is 12.7. The Labute approximate surface area is 151 Å². The molecule has 3 aliphatic carbocycles. The van der Waals surface area contributed by atoms with Crippen molar-refractivity contribution < 1.29 is 19.4 Å². The molecule has 4 heteroatoms. The summed E-state index contributed by atoms with van der Waals surface area (Å²) >= 11 is 0. The molecule has 3 rings (SSSR count). The predicted molar refractivity (Wildman–Crippen MR) is 95.7 cm³/mol. The van der Waals surface area contributed by atoms with Crippen LogP contribution in [0.15, 0.2) is 12.2 Å². The van der Waals surface area contributed by atoms with E-state index in [-0.39, 0.29) is 40.3 Å². The van der Waals surface area contributed by atoms with Crippen molar-refractivity contribution in [2.45, 2.75) is 65.9 Å². The Morgan fingerprint density at radius 2 is 1.84 bits per heavy atom. The molecule has 140 valence electrons.